The van der Waals surface area contributed by atoms with Crippen LogP contribution in [0.25, 0.3) is 0 Å². The van der Waals surface area contributed by atoms with Crippen molar-refractivity contribution in [1.82, 2.24) is 9.62 Å². The van der Waals surface area contributed by atoms with Crippen LogP contribution < -0.4 is 11.1 Å². The fourth-order valence-electron chi connectivity index (χ4n) is 2.50. The number of amides is 1. The van der Waals surface area contributed by atoms with E-state index in [2.05, 4.69) is 5.32 Å². The summed E-state index contributed by atoms with van der Waals surface area (Å²) in [6.45, 7) is 2.39. The molecule has 3 N–H and O–H groups in total. The number of hydrogen-bond donors (Lipinski definition) is 2. The Kier molecular flexibility index (Phi) is 4.97. The molecule has 0 aliphatic carbocycles. The van der Waals surface area contributed by atoms with Gasteiger partial charge in [-0.25, -0.2) is 12.7 Å². The van der Waals surface area contributed by atoms with Gasteiger partial charge in [0.1, 0.15) is 0 Å². The zero-order valence-electron chi connectivity index (χ0n) is 12.1. The first-order valence-corrected chi connectivity index (χ1v) is 8.42. The van der Waals surface area contributed by atoms with Crippen molar-refractivity contribution < 1.29 is 13.2 Å². The summed E-state index contributed by atoms with van der Waals surface area (Å²) in [4.78, 5) is 11.2. The number of primary amides is 1. The van der Waals surface area contributed by atoms with E-state index in [1.807, 2.05) is 0 Å². The van der Waals surface area contributed by atoms with E-state index in [0.29, 0.717) is 18.0 Å². The molecule has 1 aliphatic heterocycles. The molecule has 1 fully saturated rings. The topological polar surface area (TPSA) is 92.5 Å². The van der Waals surface area contributed by atoms with Gasteiger partial charge < -0.3 is 11.1 Å². The molecule has 116 valence electrons. The molecule has 0 radical (unpaired) electrons. The maximum absolute atomic E-state index is 12.5. The summed E-state index contributed by atoms with van der Waals surface area (Å²) < 4.78 is 26.4. The molecule has 7 heteroatoms. The van der Waals surface area contributed by atoms with Crippen molar-refractivity contribution in [3.05, 3.63) is 29.8 Å². The second kappa shape index (κ2) is 6.55. The Bertz CT molecular complexity index is 592. The number of rotatable bonds is 5. The van der Waals surface area contributed by atoms with Crippen LogP contribution in [-0.4, -0.2) is 45.3 Å². The van der Waals surface area contributed by atoms with E-state index in [-0.39, 0.29) is 4.90 Å². The van der Waals surface area contributed by atoms with Gasteiger partial charge >= 0.3 is 0 Å². The zero-order chi connectivity index (χ0) is 15.5. The summed E-state index contributed by atoms with van der Waals surface area (Å²) in [5.41, 5.74) is 5.45. The average molecular weight is 311 g/mol. The van der Waals surface area contributed by atoms with Gasteiger partial charge in [-0.2, -0.15) is 0 Å². The van der Waals surface area contributed by atoms with Crippen LogP contribution in [0.5, 0.6) is 0 Å². The molecule has 1 aliphatic rings. The second-order valence-corrected chi connectivity index (χ2v) is 7.41. The van der Waals surface area contributed by atoms with Gasteiger partial charge in [0.15, 0.2) is 0 Å². The van der Waals surface area contributed by atoms with Crippen LogP contribution in [-0.2, 0) is 10.0 Å². The Morgan fingerprint density at radius 1 is 1.29 bits per heavy atom. The van der Waals surface area contributed by atoms with E-state index in [9.17, 15) is 13.2 Å². The largest absolute Gasteiger partial charge is 0.366 e. The fourth-order valence-corrected chi connectivity index (χ4v) is 3.74. The highest BCUT2D eigenvalue weighted by Crippen LogP contribution is 2.19. The first-order valence-electron chi connectivity index (χ1n) is 6.98. The summed E-state index contributed by atoms with van der Waals surface area (Å²) in [5, 5.41) is 3.26. The highest BCUT2D eigenvalue weighted by atomic mass is 32.2. The number of carbonyl (C=O) groups is 1. The number of nitrogens with two attached hydrogens (primary N) is 1. The van der Waals surface area contributed by atoms with Crippen molar-refractivity contribution in [1.29, 1.82) is 0 Å². The number of sulfonamides is 1. The Morgan fingerprint density at radius 2 is 1.86 bits per heavy atom. The van der Waals surface area contributed by atoms with Crippen molar-refractivity contribution in [3.63, 3.8) is 0 Å². The predicted molar refractivity (Wildman–Crippen MR) is 80.4 cm³/mol. The van der Waals surface area contributed by atoms with Crippen LogP contribution in [0.15, 0.2) is 29.2 Å². The van der Waals surface area contributed by atoms with Crippen molar-refractivity contribution >= 4 is 15.9 Å². The minimum atomic E-state index is -3.52. The number of nitrogens with one attached hydrogen (secondary N) is 1. The molecular weight excluding hydrogens is 290 g/mol. The fraction of sp³-hybridized carbons (Fsp3) is 0.500. The minimum absolute atomic E-state index is 0.184. The van der Waals surface area contributed by atoms with Gasteiger partial charge in [0, 0.05) is 19.2 Å². The molecule has 1 heterocycles. The molecule has 0 spiro atoms. The van der Waals surface area contributed by atoms with Gasteiger partial charge in [-0.05, 0) is 56.1 Å². The molecule has 1 amide bonds. The third-order valence-corrected chi connectivity index (χ3v) is 5.66. The minimum Gasteiger partial charge on any atom is -0.366 e. The second-order valence-electron chi connectivity index (χ2n) is 5.37. The maximum atomic E-state index is 12.5. The maximum Gasteiger partial charge on any atom is 0.248 e. The zero-order valence-corrected chi connectivity index (χ0v) is 12.9. The van der Waals surface area contributed by atoms with Gasteiger partial charge in [-0.1, -0.05) is 0 Å². The van der Waals surface area contributed by atoms with Crippen molar-refractivity contribution in [2.24, 2.45) is 11.7 Å². The van der Waals surface area contributed by atoms with Gasteiger partial charge in [0.05, 0.1) is 4.90 Å². The van der Waals surface area contributed by atoms with E-state index in [1.54, 1.807) is 7.05 Å². The number of piperidine rings is 1. The first kappa shape index (κ1) is 15.9. The monoisotopic (exact) mass is 311 g/mol. The van der Waals surface area contributed by atoms with Crippen molar-refractivity contribution in [2.75, 3.05) is 26.7 Å². The highest BCUT2D eigenvalue weighted by molar-refractivity contribution is 7.89. The van der Waals surface area contributed by atoms with E-state index in [0.717, 1.165) is 25.9 Å². The highest BCUT2D eigenvalue weighted by Gasteiger charge is 2.24. The van der Waals surface area contributed by atoms with Gasteiger partial charge in [-0.3, -0.25) is 4.79 Å². The normalized spacial score (nSPS) is 17.0. The molecule has 1 aromatic rings. The van der Waals surface area contributed by atoms with Crippen molar-refractivity contribution in [2.45, 2.75) is 17.7 Å². The summed E-state index contributed by atoms with van der Waals surface area (Å²) in [7, 11) is -1.92. The van der Waals surface area contributed by atoms with Gasteiger partial charge in [0.25, 0.3) is 0 Å². The summed E-state index contributed by atoms with van der Waals surface area (Å²) in [6, 6.07) is 5.73. The molecule has 0 aromatic heterocycles. The van der Waals surface area contributed by atoms with E-state index in [1.165, 1.54) is 28.6 Å². The quantitative estimate of drug-likeness (QED) is 0.823. The summed E-state index contributed by atoms with van der Waals surface area (Å²) >= 11 is 0. The molecule has 21 heavy (non-hydrogen) atoms. The molecule has 0 saturated carbocycles. The Labute approximate surface area is 125 Å². The Balaban J connectivity index is 2.10. The molecule has 2 rings (SSSR count). The van der Waals surface area contributed by atoms with Crippen LogP contribution in [0, 0.1) is 5.92 Å². The number of benzene rings is 1. The Hall–Kier alpha value is -1.44. The summed E-state index contributed by atoms with van der Waals surface area (Å²) in [6.07, 6.45) is 1.97. The molecule has 1 aromatic carbocycles. The first-order chi connectivity index (χ1) is 9.91. The molecular formula is C14H21N3O3S. The van der Waals surface area contributed by atoms with Crippen LogP contribution in [0.4, 0.5) is 0 Å². The SMILES string of the molecule is CN(CC1CCNCC1)S(=O)(=O)c1ccc(C(N)=O)cc1. The molecule has 0 atom stereocenters. The van der Waals surface area contributed by atoms with Crippen LogP contribution in [0.1, 0.15) is 23.2 Å². The number of carbonyl (C=O) groups excluding carboxylic acids is 1. The van der Waals surface area contributed by atoms with Crippen LogP contribution in [0.3, 0.4) is 0 Å². The molecule has 1 saturated heterocycles. The van der Waals surface area contributed by atoms with Crippen LogP contribution >= 0.6 is 0 Å². The molecule has 6 nitrogen and oxygen atoms in total. The predicted octanol–water partition coefficient (Wildman–Crippen LogP) is 0.406. The number of hydrogen-bond acceptors (Lipinski definition) is 4. The van der Waals surface area contributed by atoms with E-state index >= 15 is 0 Å². The lowest BCUT2D eigenvalue weighted by atomic mass is 9.98. The summed E-state index contributed by atoms with van der Waals surface area (Å²) in [5.74, 6) is -0.182. The lowest BCUT2D eigenvalue weighted by molar-refractivity contribution is 0.1000. The average Bonchev–Trinajstić information content (AvgIpc) is 2.48. The van der Waals surface area contributed by atoms with Crippen molar-refractivity contribution in [3.8, 4) is 0 Å². The van der Waals surface area contributed by atoms with Crippen LogP contribution in [0.2, 0.25) is 0 Å². The lowest BCUT2D eigenvalue weighted by Gasteiger charge is -2.27. The molecule has 0 bridgehead atoms. The third kappa shape index (κ3) is 3.81. The third-order valence-electron chi connectivity index (χ3n) is 3.82. The van der Waals surface area contributed by atoms with Gasteiger partial charge in [0.2, 0.25) is 15.9 Å². The lowest BCUT2D eigenvalue weighted by Crippen LogP contribution is -2.37. The smallest absolute Gasteiger partial charge is 0.248 e. The van der Waals surface area contributed by atoms with E-state index < -0.39 is 15.9 Å². The van der Waals surface area contributed by atoms with Gasteiger partial charge in [-0.15, -0.1) is 0 Å². The van der Waals surface area contributed by atoms with E-state index in [4.69, 9.17) is 5.73 Å². The Morgan fingerprint density at radius 3 is 2.38 bits per heavy atom. The standard InChI is InChI=1S/C14H21N3O3S/c1-17(10-11-6-8-16-9-7-11)21(19,20)13-4-2-12(3-5-13)14(15)18/h2-5,11,16H,6-10H2,1H3,(H2,15,18). The number of nitrogens with zero attached hydrogens (tertiary/aromatic N) is 1. The molecule has 0 unspecified atom stereocenters.